The lowest BCUT2D eigenvalue weighted by atomic mass is 10.1. The van der Waals surface area contributed by atoms with Gasteiger partial charge < -0.3 is 4.90 Å². The fraction of sp³-hybridized carbons (Fsp3) is 0.0909. The van der Waals surface area contributed by atoms with Gasteiger partial charge in [-0.1, -0.05) is 12.2 Å². The summed E-state index contributed by atoms with van der Waals surface area (Å²) >= 11 is 1.82. The molecule has 1 nitrogen and oxygen atoms in total. The van der Waals surface area contributed by atoms with Crippen molar-refractivity contribution in [2.45, 2.75) is 6.04 Å². The maximum atomic E-state index is 2.30. The molecule has 3 rings (SSSR count). The molecule has 0 fully saturated rings. The number of allylic oxidation sites excluding steroid dienone is 5. The van der Waals surface area contributed by atoms with Gasteiger partial charge in [0.2, 0.25) is 0 Å². The summed E-state index contributed by atoms with van der Waals surface area (Å²) in [5, 5.41) is 2.17. The molecule has 0 aromatic heterocycles. The lowest BCUT2D eigenvalue weighted by Gasteiger charge is -2.32. The van der Waals surface area contributed by atoms with E-state index in [1.807, 2.05) is 11.8 Å². The largest absolute Gasteiger partial charge is 0.336 e. The quantitative estimate of drug-likeness (QED) is 0.573. The Hall–Kier alpha value is -1.15. The van der Waals surface area contributed by atoms with E-state index in [0.717, 1.165) is 0 Å². The van der Waals surface area contributed by atoms with Crippen LogP contribution in [-0.2, 0) is 0 Å². The van der Waals surface area contributed by atoms with Gasteiger partial charge in [-0.05, 0) is 29.7 Å². The SMILES string of the molecule is C1=CC2=CC=C3SC=CC3N2C=C1. The molecule has 3 heterocycles. The number of hydrogen-bond donors (Lipinski definition) is 0. The van der Waals surface area contributed by atoms with Crippen molar-refractivity contribution in [3.05, 3.63) is 58.7 Å². The van der Waals surface area contributed by atoms with E-state index in [1.54, 1.807) is 0 Å². The van der Waals surface area contributed by atoms with Crippen molar-refractivity contribution >= 4 is 11.8 Å². The third-order valence-electron chi connectivity index (χ3n) is 2.40. The van der Waals surface area contributed by atoms with Gasteiger partial charge in [0.25, 0.3) is 0 Å². The van der Waals surface area contributed by atoms with Gasteiger partial charge in [0.1, 0.15) is 0 Å². The van der Waals surface area contributed by atoms with E-state index in [1.165, 1.54) is 10.6 Å². The van der Waals surface area contributed by atoms with E-state index in [2.05, 4.69) is 53.0 Å². The Labute approximate surface area is 81.8 Å². The summed E-state index contributed by atoms with van der Waals surface area (Å²) in [6.07, 6.45) is 15.1. The van der Waals surface area contributed by atoms with Gasteiger partial charge in [-0.15, -0.1) is 11.8 Å². The second-order valence-electron chi connectivity index (χ2n) is 3.16. The second kappa shape index (κ2) is 2.67. The lowest BCUT2D eigenvalue weighted by Crippen LogP contribution is -2.30. The molecule has 0 N–H and O–H groups in total. The van der Waals surface area contributed by atoms with Crippen molar-refractivity contribution in [3.63, 3.8) is 0 Å². The second-order valence-corrected chi connectivity index (χ2v) is 4.14. The highest BCUT2D eigenvalue weighted by atomic mass is 32.2. The van der Waals surface area contributed by atoms with Gasteiger partial charge in [-0.25, -0.2) is 0 Å². The van der Waals surface area contributed by atoms with Gasteiger partial charge in [0.15, 0.2) is 0 Å². The van der Waals surface area contributed by atoms with Crippen LogP contribution in [0.2, 0.25) is 0 Å². The molecule has 0 radical (unpaired) electrons. The first kappa shape index (κ1) is 7.27. The highest BCUT2D eigenvalue weighted by Gasteiger charge is 2.26. The average Bonchev–Trinajstić information content (AvgIpc) is 2.65. The molecule has 3 aliphatic heterocycles. The van der Waals surface area contributed by atoms with Crippen LogP contribution in [-0.4, -0.2) is 10.9 Å². The van der Waals surface area contributed by atoms with E-state index in [4.69, 9.17) is 0 Å². The predicted molar refractivity (Wildman–Crippen MR) is 56.8 cm³/mol. The molecule has 13 heavy (non-hydrogen) atoms. The molecule has 64 valence electrons. The number of rotatable bonds is 0. The fourth-order valence-electron chi connectivity index (χ4n) is 1.76. The highest BCUT2D eigenvalue weighted by Crippen LogP contribution is 2.37. The zero-order valence-corrected chi connectivity index (χ0v) is 7.87. The standard InChI is InChI=1S/C11H9NS/c1-2-7-12-9(3-1)4-5-11-10(12)6-8-13-11/h1-8,10H. The molecule has 0 spiro atoms. The summed E-state index contributed by atoms with van der Waals surface area (Å²) in [6, 6.07) is 0.450. The smallest absolute Gasteiger partial charge is 0.0839 e. The normalized spacial score (nSPS) is 28.3. The molecular weight excluding hydrogens is 178 g/mol. The first-order chi connectivity index (χ1) is 6.45. The molecule has 2 heteroatoms. The van der Waals surface area contributed by atoms with Crippen LogP contribution in [0.25, 0.3) is 0 Å². The number of thioether (sulfide) groups is 1. The first-order valence-corrected chi connectivity index (χ1v) is 5.21. The maximum absolute atomic E-state index is 2.30. The van der Waals surface area contributed by atoms with E-state index < -0.39 is 0 Å². The Morgan fingerprint density at radius 2 is 2.23 bits per heavy atom. The van der Waals surface area contributed by atoms with Crippen molar-refractivity contribution in [2.75, 3.05) is 0 Å². The van der Waals surface area contributed by atoms with Gasteiger partial charge >= 0.3 is 0 Å². The molecule has 0 aliphatic carbocycles. The van der Waals surface area contributed by atoms with E-state index in [9.17, 15) is 0 Å². The van der Waals surface area contributed by atoms with Crippen molar-refractivity contribution in [2.24, 2.45) is 0 Å². The molecule has 3 aliphatic rings. The zero-order chi connectivity index (χ0) is 8.67. The fourth-order valence-corrected chi connectivity index (χ4v) is 2.62. The molecule has 0 amide bonds. The van der Waals surface area contributed by atoms with Crippen LogP contribution >= 0.6 is 11.8 Å². The summed E-state index contributed by atoms with van der Waals surface area (Å²) < 4.78 is 0. The van der Waals surface area contributed by atoms with E-state index in [0.29, 0.717) is 6.04 Å². The first-order valence-electron chi connectivity index (χ1n) is 4.33. The van der Waals surface area contributed by atoms with Gasteiger partial charge in [-0.3, -0.25) is 0 Å². The minimum absolute atomic E-state index is 0.450. The zero-order valence-electron chi connectivity index (χ0n) is 7.05. The van der Waals surface area contributed by atoms with Gasteiger partial charge in [0.05, 0.1) is 6.04 Å². The Bertz CT molecular complexity index is 385. The lowest BCUT2D eigenvalue weighted by molar-refractivity contribution is 0.449. The number of fused-ring (bicyclic) bond motifs is 3. The van der Waals surface area contributed by atoms with Crippen molar-refractivity contribution in [3.8, 4) is 0 Å². The molecule has 1 atom stereocenters. The molecule has 0 saturated heterocycles. The monoisotopic (exact) mass is 187 g/mol. The predicted octanol–water partition coefficient (Wildman–Crippen LogP) is 2.78. The Balaban J connectivity index is 2.07. The van der Waals surface area contributed by atoms with Crippen LogP contribution in [0.3, 0.4) is 0 Å². The number of hydrogen-bond acceptors (Lipinski definition) is 2. The molecule has 0 aromatic rings. The van der Waals surface area contributed by atoms with Crippen molar-refractivity contribution < 1.29 is 0 Å². The minimum Gasteiger partial charge on any atom is -0.336 e. The molecular formula is C11H9NS. The summed E-state index contributed by atoms with van der Waals surface area (Å²) in [7, 11) is 0. The van der Waals surface area contributed by atoms with E-state index in [-0.39, 0.29) is 0 Å². The highest BCUT2D eigenvalue weighted by molar-refractivity contribution is 8.06. The summed E-state index contributed by atoms with van der Waals surface area (Å²) in [5.41, 5.74) is 1.28. The van der Waals surface area contributed by atoms with Crippen LogP contribution in [0.1, 0.15) is 0 Å². The number of nitrogens with zero attached hydrogens (tertiary/aromatic N) is 1. The Morgan fingerprint density at radius 1 is 1.23 bits per heavy atom. The van der Waals surface area contributed by atoms with Crippen molar-refractivity contribution in [1.82, 2.24) is 4.90 Å². The molecule has 0 saturated carbocycles. The third-order valence-corrected chi connectivity index (χ3v) is 3.34. The maximum Gasteiger partial charge on any atom is 0.0839 e. The van der Waals surface area contributed by atoms with Crippen LogP contribution in [0.5, 0.6) is 0 Å². The summed E-state index contributed by atoms with van der Waals surface area (Å²) in [4.78, 5) is 3.72. The minimum atomic E-state index is 0.450. The average molecular weight is 187 g/mol. The van der Waals surface area contributed by atoms with Gasteiger partial charge in [-0.2, -0.15) is 0 Å². The van der Waals surface area contributed by atoms with Gasteiger partial charge in [0, 0.05) is 16.8 Å². The van der Waals surface area contributed by atoms with Crippen LogP contribution < -0.4 is 0 Å². The topological polar surface area (TPSA) is 3.24 Å². The van der Waals surface area contributed by atoms with Crippen LogP contribution in [0, 0.1) is 0 Å². The van der Waals surface area contributed by atoms with Crippen LogP contribution in [0.15, 0.2) is 58.7 Å². The molecule has 0 bridgehead atoms. The van der Waals surface area contributed by atoms with Crippen molar-refractivity contribution in [1.29, 1.82) is 0 Å². The molecule has 1 unspecified atom stereocenters. The Morgan fingerprint density at radius 3 is 3.23 bits per heavy atom. The third kappa shape index (κ3) is 1.02. The Kier molecular flexibility index (Phi) is 1.49. The van der Waals surface area contributed by atoms with Crippen LogP contribution in [0.4, 0.5) is 0 Å². The molecule has 0 aromatic carbocycles. The summed E-state index contributed by atoms with van der Waals surface area (Å²) in [6.45, 7) is 0. The summed E-state index contributed by atoms with van der Waals surface area (Å²) in [5.74, 6) is 0. The van der Waals surface area contributed by atoms with E-state index >= 15 is 0 Å².